The molecule has 0 radical (unpaired) electrons. The second-order valence-electron chi connectivity index (χ2n) is 8.14. The molecule has 7 heteroatoms. The maximum absolute atomic E-state index is 12.6. The van der Waals surface area contributed by atoms with Gasteiger partial charge >= 0.3 is 0 Å². The first kappa shape index (κ1) is 22.0. The molecule has 0 aliphatic heterocycles. The van der Waals surface area contributed by atoms with Gasteiger partial charge in [-0.15, -0.1) is 0 Å². The van der Waals surface area contributed by atoms with Gasteiger partial charge in [0.2, 0.25) is 0 Å². The van der Waals surface area contributed by atoms with E-state index in [2.05, 4.69) is 38.0 Å². The Morgan fingerprint density at radius 3 is 2.23 bits per heavy atom. The Hall–Kier alpha value is -4.78. The third kappa shape index (κ3) is 4.65. The molecule has 0 aliphatic rings. The average Bonchev–Trinajstić information content (AvgIpc) is 3.51. The van der Waals surface area contributed by atoms with Gasteiger partial charge < -0.3 is 0 Å². The highest BCUT2D eigenvalue weighted by molar-refractivity contribution is 5.94. The van der Waals surface area contributed by atoms with Gasteiger partial charge in [-0.2, -0.15) is 15.3 Å². The smallest absolute Gasteiger partial charge is 0.272 e. The molecule has 0 aliphatic carbocycles. The quantitative estimate of drug-likeness (QED) is 0.266. The van der Waals surface area contributed by atoms with Gasteiger partial charge in [-0.1, -0.05) is 72.8 Å². The lowest BCUT2D eigenvalue weighted by molar-refractivity contribution is 0.0950. The number of aromatic nitrogens is 4. The topological polar surface area (TPSA) is 88.0 Å². The molecular formula is C28H24N6O. The maximum Gasteiger partial charge on any atom is 0.289 e. The fraction of sp³-hybridized carbons (Fsp3) is 0.0714. The number of aromatic amines is 1. The van der Waals surface area contributed by atoms with Crippen molar-refractivity contribution in [3.05, 3.63) is 114 Å². The highest BCUT2D eigenvalue weighted by Crippen LogP contribution is 2.24. The van der Waals surface area contributed by atoms with Crippen molar-refractivity contribution in [2.45, 2.75) is 13.8 Å². The van der Waals surface area contributed by atoms with Crippen molar-refractivity contribution in [2.24, 2.45) is 5.10 Å². The SMILES string of the molecule is Cc1nn(-c2ccccc2)c(C)c1/C=N/NC(=O)c1cc(-c2ccc(-c3ccccc3)cc2)n[nH]1. The number of hydrogen-bond donors (Lipinski definition) is 2. The van der Waals surface area contributed by atoms with E-state index in [1.165, 1.54) is 0 Å². The number of hydrazone groups is 1. The standard InChI is InChI=1S/C28H24N6O/c1-19-25(20(2)34(33-19)24-11-7-4-8-12-24)18-29-32-28(35)27-17-26(30-31-27)23-15-13-22(14-16-23)21-9-5-3-6-10-21/h3-18H,1-2H3,(H,30,31)(H,32,35)/b29-18+. The van der Waals surface area contributed by atoms with Crippen molar-refractivity contribution in [3.63, 3.8) is 0 Å². The van der Waals surface area contributed by atoms with Gasteiger partial charge in [0.15, 0.2) is 0 Å². The molecule has 35 heavy (non-hydrogen) atoms. The number of nitrogens with one attached hydrogen (secondary N) is 2. The summed E-state index contributed by atoms with van der Waals surface area (Å²) >= 11 is 0. The summed E-state index contributed by atoms with van der Waals surface area (Å²) in [5, 5.41) is 15.8. The Kier molecular flexibility index (Phi) is 6.05. The lowest BCUT2D eigenvalue weighted by Crippen LogP contribution is -2.18. The molecule has 0 saturated carbocycles. The van der Waals surface area contributed by atoms with Crippen molar-refractivity contribution >= 4 is 12.1 Å². The second-order valence-corrected chi connectivity index (χ2v) is 8.14. The van der Waals surface area contributed by atoms with E-state index in [9.17, 15) is 4.79 Å². The molecule has 0 atom stereocenters. The van der Waals surface area contributed by atoms with Crippen molar-refractivity contribution in [1.82, 2.24) is 25.4 Å². The summed E-state index contributed by atoms with van der Waals surface area (Å²) < 4.78 is 1.86. The van der Waals surface area contributed by atoms with Gasteiger partial charge in [0.1, 0.15) is 5.69 Å². The molecular weight excluding hydrogens is 436 g/mol. The van der Waals surface area contributed by atoms with Gasteiger partial charge in [-0.05, 0) is 43.2 Å². The number of nitrogens with zero attached hydrogens (tertiary/aromatic N) is 4. The Balaban J connectivity index is 1.27. The molecule has 2 N–H and O–H groups in total. The molecule has 2 aromatic heterocycles. The first-order valence-electron chi connectivity index (χ1n) is 11.3. The number of para-hydroxylation sites is 1. The predicted molar refractivity (Wildman–Crippen MR) is 138 cm³/mol. The molecule has 2 heterocycles. The van der Waals surface area contributed by atoms with Crippen LogP contribution in [0.15, 0.2) is 96.1 Å². The first-order valence-corrected chi connectivity index (χ1v) is 11.3. The van der Waals surface area contributed by atoms with E-state index in [4.69, 9.17) is 0 Å². The monoisotopic (exact) mass is 460 g/mol. The van der Waals surface area contributed by atoms with Crippen LogP contribution in [0.1, 0.15) is 27.4 Å². The molecule has 0 bridgehead atoms. The fourth-order valence-corrected chi connectivity index (χ4v) is 3.93. The van der Waals surface area contributed by atoms with Gasteiger partial charge in [-0.25, -0.2) is 10.1 Å². The van der Waals surface area contributed by atoms with Crippen LogP contribution in [0.3, 0.4) is 0 Å². The van der Waals surface area contributed by atoms with Crippen LogP contribution in [-0.2, 0) is 0 Å². The number of amides is 1. The van der Waals surface area contributed by atoms with Crippen LogP contribution in [0.4, 0.5) is 0 Å². The molecule has 0 saturated heterocycles. The minimum absolute atomic E-state index is 0.331. The molecule has 0 unspecified atom stereocenters. The highest BCUT2D eigenvalue weighted by Gasteiger charge is 2.13. The van der Waals surface area contributed by atoms with Crippen LogP contribution in [0, 0.1) is 13.8 Å². The lowest BCUT2D eigenvalue weighted by atomic mass is 10.0. The van der Waals surface area contributed by atoms with E-state index in [0.29, 0.717) is 11.4 Å². The number of hydrogen-bond acceptors (Lipinski definition) is 4. The van der Waals surface area contributed by atoms with Gasteiger partial charge in [0.25, 0.3) is 5.91 Å². The van der Waals surface area contributed by atoms with E-state index in [1.54, 1.807) is 12.3 Å². The summed E-state index contributed by atoms with van der Waals surface area (Å²) in [6.07, 6.45) is 1.62. The van der Waals surface area contributed by atoms with Crippen LogP contribution >= 0.6 is 0 Å². The Morgan fingerprint density at radius 2 is 1.51 bits per heavy atom. The van der Waals surface area contributed by atoms with E-state index in [0.717, 1.165) is 39.3 Å². The van der Waals surface area contributed by atoms with Crippen molar-refractivity contribution in [3.8, 4) is 28.1 Å². The molecule has 5 rings (SSSR count). The Morgan fingerprint density at radius 1 is 0.886 bits per heavy atom. The van der Waals surface area contributed by atoms with E-state index in [-0.39, 0.29) is 5.91 Å². The van der Waals surface area contributed by atoms with Crippen molar-refractivity contribution in [1.29, 1.82) is 0 Å². The number of carbonyl (C=O) groups excluding carboxylic acids is 1. The fourth-order valence-electron chi connectivity index (χ4n) is 3.93. The van der Waals surface area contributed by atoms with Crippen molar-refractivity contribution in [2.75, 3.05) is 0 Å². The van der Waals surface area contributed by atoms with Crippen LogP contribution in [0.2, 0.25) is 0 Å². The Labute approximate surface area is 203 Å². The summed E-state index contributed by atoms with van der Waals surface area (Å²) in [5.41, 5.74) is 10.4. The zero-order valence-electron chi connectivity index (χ0n) is 19.4. The number of carbonyl (C=O) groups is 1. The molecule has 172 valence electrons. The van der Waals surface area contributed by atoms with Gasteiger partial charge in [0.05, 0.1) is 29.0 Å². The molecule has 0 fully saturated rings. The predicted octanol–water partition coefficient (Wildman–Crippen LogP) is 5.31. The lowest BCUT2D eigenvalue weighted by Gasteiger charge is -2.03. The van der Waals surface area contributed by atoms with Crippen LogP contribution in [0.25, 0.3) is 28.1 Å². The summed E-state index contributed by atoms with van der Waals surface area (Å²) in [5.74, 6) is -0.369. The van der Waals surface area contributed by atoms with E-state index >= 15 is 0 Å². The highest BCUT2D eigenvalue weighted by atomic mass is 16.2. The van der Waals surface area contributed by atoms with Crippen molar-refractivity contribution < 1.29 is 4.79 Å². The zero-order valence-corrected chi connectivity index (χ0v) is 19.4. The largest absolute Gasteiger partial charge is 0.289 e. The third-order valence-corrected chi connectivity index (χ3v) is 5.82. The molecule has 5 aromatic rings. The number of rotatable bonds is 6. The number of H-pyrrole nitrogens is 1. The van der Waals surface area contributed by atoms with Crippen LogP contribution in [0.5, 0.6) is 0 Å². The Bertz CT molecular complexity index is 1480. The van der Waals surface area contributed by atoms with E-state index < -0.39 is 0 Å². The zero-order chi connectivity index (χ0) is 24.2. The number of benzene rings is 3. The summed E-state index contributed by atoms with van der Waals surface area (Å²) in [7, 11) is 0. The number of aryl methyl sites for hydroxylation is 1. The molecule has 1 amide bonds. The normalized spacial score (nSPS) is 11.1. The molecule has 0 spiro atoms. The summed E-state index contributed by atoms with van der Waals surface area (Å²) in [6.45, 7) is 3.89. The average molecular weight is 461 g/mol. The second kappa shape index (κ2) is 9.61. The minimum Gasteiger partial charge on any atom is -0.272 e. The van der Waals surface area contributed by atoms with Gasteiger partial charge in [-0.3, -0.25) is 9.89 Å². The first-order chi connectivity index (χ1) is 17.1. The molecule has 7 nitrogen and oxygen atoms in total. The van der Waals surface area contributed by atoms with E-state index in [1.807, 2.05) is 91.3 Å². The van der Waals surface area contributed by atoms with Crippen LogP contribution in [-0.4, -0.2) is 32.1 Å². The molecule has 3 aromatic carbocycles. The third-order valence-electron chi connectivity index (χ3n) is 5.82. The minimum atomic E-state index is -0.369. The van der Waals surface area contributed by atoms with Gasteiger partial charge in [0, 0.05) is 11.1 Å². The summed E-state index contributed by atoms with van der Waals surface area (Å²) in [4.78, 5) is 12.6. The summed E-state index contributed by atoms with van der Waals surface area (Å²) in [6, 6.07) is 29.9. The van der Waals surface area contributed by atoms with Crippen LogP contribution < -0.4 is 5.43 Å². The maximum atomic E-state index is 12.6.